The summed E-state index contributed by atoms with van der Waals surface area (Å²) in [6, 6.07) is 6.07. The molecule has 0 spiro atoms. The van der Waals surface area contributed by atoms with Gasteiger partial charge in [0.05, 0.1) is 12.8 Å². The van der Waals surface area contributed by atoms with Gasteiger partial charge in [0.1, 0.15) is 5.76 Å². The zero-order valence-electron chi connectivity index (χ0n) is 15.4. The summed E-state index contributed by atoms with van der Waals surface area (Å²) in [7, 11) is 1.58. The van der Waals surface area contributed by atoms with E-state index in [0.717, 1.165) is 42.9 Å². The Bertz CT molecular complexity index is 768. The van der Waals surface area contributed by atoms with Gasteiger partial charge in [-0.15, -0.1) is 0 Å². The number of aryl methyl sites for hydroxylation is 2. The van der Waals surface area contributed by atoms with Crippen LogP contribution in [0, 0.1) is 13.8 Å². The maximum atomic E-state index is 10.9. The molecule has 1 aromatic heterocycles. The van der Waals surface area contributed by atoms with E-state index in [0.29, 0.717) is 17.5 Å². The molecule has 1 fully saturated rings. The fraction of sp³-hybridized carbons (Fsp3) is 0.474. The summed E-state index contributed by atoms with van der Waals surface area (Å²) in [5, 5.41) is 4.10. The Labute approximate surface area is 153 Å². The van der Waals surface area contributed by atoms with E-state index >= 15 is 0 Å². The topological polar surface area (TPSA) is 90.8 Å². The Morgan fingerprint density at radius 2 is 2.19 bits per heavy atom. The largest absolute Gasteiger partial charge is 0.493 e. The van der Waals surface area contributed by atoms with Crippen molar-refractivity contribution in [2.24, 2.45) is 5.73 Å². The number of likely N-dealkylation sites (tertiary alicyclic amines) is 1. The second kappa shape index (κ2) is 7.78. The molecule has 0 aliphatic carbocycles. The SMILES string of the molecule is COc1cc(CN2CCC[C@H]2c2c(C)noc2C)ccc1OCC(N)=O. The molecule has 1 aliphatic heterocycles. The highest BCUT2D eigenvalue weighted by Gasteiger charge is 2.30. The lowest BCUT2D eigenvalue weighted by atomic mass is 10.0. The van der Waals surface area contributed by atoms with E-state index < -0.39 is 5.91 Å². The predicted octanol–water partition coefficient (Wildman–Crippen LogP) is 2.50. The molecule has 1 aliphatic rings. The Hall–Kier alpha value is -2.54. The molecule has 1 aromatic carbocycles. The van der Waals surface area contributed by atoms with Gasteiger partial charge in [0.25, 0.3) is 5.91 Å². The molecule has 0 saturated carbocycles. The van der Waals surface area contributed by atoms with Gasteiger partial charge in [-0.1, -0.05) is 11.2 Å². The number of aromatic nitrogens is 1. The monoisotopic (exact) mass is 359 g/mol. The summed E-state index contributed by atoms with van der Waals surface area (Å²) in [6.07, 6.45) is 2.24. The highest BCUT2D eigenvalue weighted by atomic mass is 16.5. The third kappa shape index (κ3) is 3.83. The van der Waals surface area contributed by atoms with Gasteiger partial charge in [-0.05, 0) is 50.9 Å². The lowest BCUT2D eigenvalue weighted by Crippen LogP contribution is -2.23. The van der Waals surface area contributed by atoms with E-state index in [1.165, 1.54) is 5.56 Å². The lowest BCUT2D eigenvalue weighted by Gasteiger charge is -2.25. The van der Waals surface area contributed by atoms with Gasteiger partial charge >= 0.3 is 0 Å². The van der Waals surface area contributed by atoms with Gasteiger partial charge in [0, 0.05) is 18.2 Å². The minimum atomic E-state index is -0.518. The summed E-state index contributed by atoms with van der Waals surface area (Å²) in [6.45, 7) is 5.62. The van der Waals surface area contributed by atoms with Crippen LogP contribution in [0.25, 0.3) is 0 Å². The highest BCUT2D eigenvalue weighted by molar-refractivity contribution is 5.75. The number of hydrogen-bond acceptors (Lipinski definition) is 6. The van der Waals surface area contributed by atoms with Gasteiger partial charge in [-0.2, -0.15) is 0 Å². The van der Waals surface area contributed by atoms with Crippen LogP contribution in [-0.4, -0.2) is 36.2 Å². The first-order valence-electron chi connectivity index (χ1n) is 8.74. The quantitative estimate of drug-likeness (QED) is 0.817. The van der Waals surface area contributed by atoms with Gasteiger partial charge in [-0.25, -0.2) is 0 Å². The highest BCUT2D eigenvalue weighted by Crippen LogP contribution is 2.37. The van der Waals surface area contributed by atoms with E-state index in [4.69, 9.17) is 19.7 Å². The number of nitrogens with zero attached hydrogens (tertiary/aromatic N) is 2. The second-order valence-electron chi connectivity index (χ2n) is 6.61. The summed E-state index contributed by atoms with van der Waals surface area (Å²) in [4.78, 5) is 13.3. The van der Waals surface area contributed by atoms with Crippen LogP contribution in [0.4, 0.5) is 0 Å². The van der Waals surface area contributed by atoms with Gasteiger partial charge in [0.15, 0.2) is 18.1 Å². The molecule has 1 atom stereocenters. The van der Waals surface area contributed by atoms with Crippen molar-refractivity contribution >= 4 is 5.91 Å². The number of carbonyl (C=O) groups is 1. The smallest absolute Gasteiger partial charge is 0.255 e. The Morgan fingerprint density at radius 3 is 2.85 bits per heavy atom. The molecule has 26 heavy (non-hydrogen) atoms. The van der Waals surface area contributed by atoms with E-state index in [-0.39, 0.29) is 6.61 Å². The van der Waals surface area contributed by atoms with Gasteiger partial charge in [0.2, 0.25) is 0 Å². The number of primary amides is 1. The Morgan fingerprint density at radius 1 is 1.38 bits per heavy atom. The van der Waals surface area contributed by atoms with Crippen molar-refractivity contribution in [3.63, 3.8) is 0 Å². The van der Waals surface area contributed by atoms with Crippen LogP contribution in [-0.2, 0) is 11.3 Å². The van der Waals surface area contributed by atoms with E-state index in [1.807, 2.05) is 32.0 Å². The second-order valence-corrected chi connectivity index (χ2v) is 6.61. The van der Waals surface area contributed by atoms with Crippen LogP contribution in [0.15, 0.2) is 22.7 Å². The number of amides is 1. The van der Waals surface area contributed by atoms with Crippen LogP contribution >= 0.6 is 0 Å². The first kappa shape index (κ1) is 18.3. The molecule has 3 rings (SSSR count). The first-order valence-corrected chi connectivity index (χ1v) is 8.74. The molecular weight excluding hydrogens is 334 g/mol. The molecule has 2 heterocycles. The van der Waals surface area contributed by atoms with Crippen molar-refractivity contribution < 1.29 is 18.8 Å². The Balaban J connectivity index is 1.76. The molecule has 1 saturated heterocycles. The van der Waals surface area contributed by atoms with Crippen LogP contribution in [0.1, 0.15) is 41.5 Å². The number of benzene rings is 1. The normalized spacial score (nSPS) is 17.4. The number of carbonyl (C=O) groups excluding carboxylic acids is 1. The zero-order valence-corrected chi connectivity index (χ0v) is 15.4. The minimum absolute atomic E-state index is 0.171. The average Bonchev–Trinajstić information content (AvgIpc) is 3.19. The van der Waals surface area contributed by atoms with Crippen LogP contribution in [0.5, 0.6) is 11.5 Å². The molecule has 0 unspecified atom stereocenters. The molecule has 0 radical (unpaired) electrons. The van der Waals surface area contributed by atoms with Crippen molar-refractivity contribution in [1.29, 1.82) is 0 Å². The fourth-order valence-electron chi connectivity index (χ4n) is 3.62. The number of hydrogen-bond donors (Lipinski definition) is 1. The van der Waals surface area contributed by atoms with Crippen molar-refractivity contribution in [2.75, 3.05) is 20.3 Å². The molecule has 7 nitrogen and oxygen atoms in total. The van der Waals surface area contributed by atoms with E-state index in [9.17, 15) is 4.79 Å². The van der Waals surface area contributed by atoms with Crippen LogP contribution < -0.4 is 15.2 Å². The third-order valence-corrected chi connectivity index (χ3v) is 4.77. The van der Waals surface area contributed by atoms with E-state index in [1.54, 1.807) is 7.11 Å². The predicted molar refractivity (Wildman–Crippen MR) is 96.0 cm³/mol. The molecule has 2 N–H and O–H groups in total. The molecule has 140 valence electrons. The molecule has 2 aromatic rings. The summed E-state index contributed by atoms with van der Waals surface area (Å²) in [5.41, 5.74) is 8.42. The average molecular weight is 359 g/mol. The maximum Gasteiger partial charge on any atom is 0.255 e. The zero-order chi connectivity index (χ0) is 18.7. The van der Waals surface area contributed by atoms with Gasteiger partial charge < -0.3 is 19.7 Å². The molecule has 1 amide bonds. The number of rotatable bonds is 7. The molecule has 7 heteroatoms. The van der Waals surface area contributed by atoms with Crippen molar-refractivity contribution in [2.45, 2.75) is 39.3 Å². The maximum absolute atomic E-state index is 10.9. The number of ether oxygens (including phenoxy) is 2. The fourth-order valence-corrected chi connectivity index (χ4v) is 3.62. The van der Waals surface area contributed by atoms with Crippen LogP contribution in [0.3, 0.4) is 0 Å². The summed E-state index contributed by atoms with van der Waals surface area (Å²) in [5.74, 6) is 1.48. The molecular formula is C19H25N3O4. The number of methoxy groups -OCH3 is 1. The van der Waals surface area contributed by atoms with Gasteiger partial charge in [-0.3, -0.25) is 9.69 Å². The van der Waals surface area contributed by atoms with Crippen molar-refractivity contribution in [1.82, 2.24) is 10.1 Å². The van der Waals surface area contributed by atoms with Crippen molar-refractivity contribution in [3.8, 4) is 11.5 Å². The van der Waals surface area contributed by atoms with Crippen molar-refractivity contribution in [3.05, 3.63) is 40.8 Å². The Kier molecular flexibility index (Phi) is 5.46. The molecule has 0 bridgehead atoms. The third-order valence-electron chi connectivity index (χ3n) is 4.77. The number of nitrogens with two attached hydrogens (primary N) is 1. The summed E-state index contributed by atoms with van der Waals surface area (Å²) >= 11 is 0. The van der Waals surface area contributed by atoms with E-state index in [2.05, 4.69) is 10.1 Å². The minimum Gasteiger partial charge on any atom is -0.493 e. The van der Waals surface area contributed by atoms with Crippen LogP contribution in [0.2, 0.25) is 0 Å². The standard InChI is InChI=1S/C19H25N3O4/c1-12-19(13(2)26-21-12)15-5-4-8-22(15)10-14-6-7-16(17(9-14)24-3)25-11-18(20)23/h6-7,9,15H,4-5,8,10-11H2,1-3H3,(H2,20,23)/t15-/m0/s1. The summed E-state index contributed by atoms with van der Waals surface area (Å²) < 4.78 is 16.1. The lowest BCUT2D eigenvalue weighted by molar-refractivity contribution is -0.119. The first-order chi connectivity index (χ1) is 12.5.